The van der Waals surface area contributed by atoms with Crippen molar-refractivity contribution in [2.24, 2.45) is 0 Å². The Kier molecular flexibility index (Phi) is 6.31. The zero-order valence-electron chi connectivity index (χ0n) is 19.8. The summed E-state index contributed by atoms with van der Waals surface area (Å²) in [6.45, 7) is 4.92. The van der Waals surface area contributed by atoms with Crippen molar-refractivity contribution >= 4 is 26.7 Å². The monoisotopic (exact) mass is 492 g/mol. The Morgan fingerprint density at radius 3 is 2.49 bits per heavy atom. The molecule has 1 unspecified atom stereocenters. The Morgan fingerprint density at radius 1 is 1.00 bits per heavy atom. The Hall–Kier alpha value is -3.27. The van der Waals surface area contributed by atoms with Gasteiger partial charge in [-0.2, -0.15) is 4.31 Å². The van der Waals surface area contributed by atoms with Crippen LogP contribution in [0.5, 0.6) is 0 Å². The Morgan fingerprint density at radius 2 is 1.74 bits per heavy atom. The van der Waals surface area contributed by atoms with Crippen LogP contribution in [0.1, 0.15) is 39.8 Å². The van der Waals surface area contributed by atoms with Crippen molar-refractivity contribution in [1.82, 2.24) is 19.3 Å². The van der Waals surface area contributed by atoms with Crippen LogP contribution in [-0.2, 0) is 10.0 Å². The van der Waals surface area contributed by atoms with Gasteiger partial charge in [0.1, 0.15) is 10.6 Å². The third-order valence-electron chi connectivity index (χ3n) is 6.64. The zero-order chi connectivity index (χ0) is 24.6. The van der Waals surface area contributed by atoms with E-state index in [-0.39, 0.29) is 17.2 Å². The van der Waals surface area contributed by atoms with Crippen molar-refractivity contribution in [3.8, 4) is 0 Å². The molecule has 4 aromatic rings. The number of fused-ring (bicyclic) bond motifs is 1. The number of aromatic nitrogens is 2. The lowest BCUT2D eigenvalue weighted by molar-refractivity contribution is 0.0826. The largest absolute Gasteiger partial charge is 0.360 e. The Bertz CT molecular complexity index is 1440. The summed E-state index contributed by atoms with van der Waals surface area (Å²) < 4.78 is 33.4. The number of aryl methyl sites for hydroxylation is 2. The van der Waals surface area contributed by atoms with E-state index in [1.165, 1.54) is 4.31 Å². The van der Waals surface area contributed by atoms with Gasteiger partial charge in [0.05, 0.1) is 6.04 Å². The highest BCUT2D eigenvalue weighted by molar-refractivity contribution is 7.89. The molecule has 3 heterocycles. The first kappa shape index (κ1) is 23.5. The van der Waals surface area contributed by atoms with Crippen LogP contribution in [0, 0.1) is 13.8 Å². The van der Waals surface area contributed by atoms with E-state index in [1.54, 1.807) is 20.0 Å². The number of nitrogens with one attached hydrogen (secondary N) is 1. The number of sulfonamides is 1. The maximum Gasteiger partial charge on any atom is 0.248 e. The lowest BCUT2D eigenvalue weighted by atomic mass is 9.95. The third-order valence-corrected chi connectivity index (χ3v) is 8.78. The maximum atomic E-state index is 14.0. The molecule has 0 bridgehead atoms. The second-order valence-electron chi connectivity index (χ2n) is 8.87. The number of hydrogen-bond acceptors (Lipinski definition) is 6. The number of nitrogens with zero attached hydrogens (tertiary/aromatic N) is 3. The minimum Gasteiger partial charge on any atom is -0.360 e. The fourth-order valence-electron chi connectivity index (χ4n) is 4.97. The summed E-state index contributed by atoms with van der Waals surface area (Å²) >= 11 is 0. The number of hydrogen-bond donors (Lipinski definition) is 1. The summed E-state index contributed by atoms with van der Waals surface area (Å²) in [5, 5.41) is 4.71. The summed E-state index contributed by atoms with van der Waals surface area (Å²) in [5.41, 5.74) is 2.80. The van der Waals surface area contributed by atoms with Crippen molar-refractivity contribution in [3.05, 3.63) is 83.4 Å². The van der Waals surface area contributed by atoms with E-state index < -0.39 is 16.1 Å². The van der Waals surface area contributed by atoms with Crippen LogP contribution in [0.25, 0.3) is 10.9 Å². The van der Waals surface area contributed by atoms with E-state index in [0.717, 1.165) is 16.5 Å². The van der Waals surface area contributed by atoms with E-state index in [9.17, 15) is 13.2 Å². The lowest BCUT2D eigenvalue weighted by Crippen LogP contribution is -2.39. The fraction of sp³-hybridized carbons (Fsp3) is 0.308. The average Bonchev–Trinajstić information content (AvgIpc) is 3.34. The topological polar surface area (TPSA) is 99.5 Å². The van der Waals surface area contributed by atoms with Gasteiger partial charge < -0.3 is 9.51 Å². The predicted molar refractivity (Wildman–Crippen MR) is 133 cm³/mol. The highest BCUT2D eigenvalue weighted by atomic mass is 32.2. The van der Waals surface area contributed by atoms with Crippen LogP contribution in [0.15, 0.2) is 70.2 Å². The zero-order valence-corrected chi connectivity index (χ0v) is 20.6. The molecule has 182 valence electrons. The molecule has 1 aliphatic heterocycles. The molecule has 1 N–H and O–H groups in total. The number of carbonyl (C=O) groups is 1. The van der Waals surface area contributed by atoms with Gasteiger partial charge >= 0.3 is 0 Å². The molecule has 9 heteroatoms. The predicted octanol–water partition coefficient (Wildman–Crippen LogP) is 4.09. The van der Waals surface area contributed by atoms with Crippen LogP contribution >= 0.6 is 0 Å². The first-order valence-corrected chi connectivity index (χ1v) is 13.1. The van der Waals surface area contributed by atoms with Gasteiger partial charge in [-0.25, -0.2) is 8.42 Å². The fourth-order valence-corrected chi connectivity index (χ4v) is 6.73. The van der Waals surface area contributed by atoms with Crippen molar-refractivity contribution in [2.75, 3.05) is 26.2 Å². The molecule has 8 nitrogen and oxygen atoms in total. The SMILES string of the molecule is Cc1noc(C)c1S(=O)(=O)N1CCCN(C(C(=O)c2c[nH]c3ccccc23)c2ccccc2)CC1. The van der Waals surface area contributed by atoms with Gasteiger partial charge in [-0.15, -0.1) is 0 Å². The molecule has 1 saturated heterocycles. The number of aromatic amines is 1. The second kappa shape index (κ2) is 9.41. The van der Waals surface area contributed by atoms with Gasteiger partial charge in [-0.05, 0) is 31.9 Å². The standard InChI is InChI=1S/C26H28N4O4S/c1-18-26(19(2)34-28-18)35(32,33)30-14-8-13-29(15-16-30)24(20-9-4-3-5-10-20)25(31)22-17-27-23-12-7-6-11-21(22)23/h3-7,9-12,17,24,27H,8,13-16H2,1-2H3. The molecule has 0 radical (unpaired) electrons. The molecule has 2 aromatic heterocycles. The number of ketones is 1. The van der Waals surface area contributed by atoms with Crippen molar-refractivity contribution in [2.45, 2.75) is 31.2 Å². The van der Waals surface area contributed by atoms with E-state index in [4.69, 9.17) is 4.52 Å². The van der Waals surface area contributed by atoms with Crippen molar-refractivity contribution < 1.29 is 17.7 Å². The number of rotatable bonds is 6. The molecule has 35 heavy (non-hydrogen) atoms. The molecule has 1 aliphatic rings. The molecule has 0 aliphatic carbocycles. The van der Waals surface area contributed by atoms with Gasteiger partial charge in [-0.1, -0.05) is 53.7 Å². The van der Waals surface area contributed by atoms with Crippen LogP contribution in [0.4, 0.5) is 0 Å². The average molecular weight is 493 g/mol. The molecule has 2 aromatic carbocycles. The molecule has 1 fully saturated rings. The van der Waals surface area contributed by atoms with Crippen molar-refractivity contribution in [1.29, 1.82) is 0 Å². The Balaban J connectivity index is 1.46. The van der Waals surface area contributed by atoms with Gasteiger partial charge in [-0.3, -0.25) is 9.69 Å². The lowest BCUT2D eigenvalue weighted by Gasteiger charge is -2.30. The van der Waals surface area contributed by atoms with E-state index in [1.807, 2.05) is 54.6 Å². The highest BCUT2D eigenvalue weighted by Gasteiger charge is 2.35. The number of H-pyrrole nitrogens is 1. The number of carbonyl (C=O) groups excluding carboxylic acids is 1. The van der Waals surface area contributed by atoms with Crippen LogP contribution in [0.3, 0.4) is 0 Å². The molecule has 1 atom stereocenters. The minimum atomic E-state index is -3.75. The van der Waals surface area contributed by atoms with Crippen LogP contribution < -0.4 is 0 Å². The first-order chi connectivity index (χ1) is 16.9. The minimum absolute atomic E-state index is 0.00400. The molecule has 0 amide bonds. The maximum absolute atomic E-state index is 14.0. The molecular formula is C26H28N4O4S. The van der Waals surface area contributed by atoms with E-state index in [0.29, 0.717) is 43.1 Å². The van der Waals surface area contributed by atoms with E-state index >= 15 is 0 Å². The number of benzene rings is 2. The molecule has 0 spiro atoms. The third kappa shape index (κ3) is 4.31. The summed E-state index contributed by atoms with van der Waals surface area (Å²) in [7, 11) is -3.75. The second-order valence-corrected chi connectivity index (χ2v) is 10.7. The van der Waals surface area contributed by atoms with Gasteiger partial charge in [0.2, 0.25) is 10.0 Å². The number of Topliss-reactive ketones (excluding diaryl/α,β-unsaturated/α-hetero) is 1. The first-order valence-electron chi connectivity index (χ1n) is 11.7. The van der Waals surface area contributed by atoms with E-state index in [2.05, 4.69) is 15.0 Å². The van der Waals surface area contributed by atoms with Crippen molar-refractivity contribution in [3.63, 3.8) is 0 Å². The van der Waals surface area contributed by atoms with Crippen LogP contribution in [-0.4, -0.2) is 59.7 Å². The summed E-state index contributed by atoms with van der Waals surface area (Å²) in [6.07, 6.45) is 2.38. The normalized spacial score (nSPS) is 16.9. The highest BCUT2D eigenvalue weighted by Crippen LogP contribution is 2.31. The smallest absolute Gasteiger partial charge is 0.248 e. The quantitative estimate of drug-likeness (QED) is 0.407. The van der Waals surface area contributed by atoms with Crippen LogP contribution in [0.2, 0.25) is 0 Å². The summed E-state index contributed by atoms with van der Waals surface area (Å²) in [6, 6.07) is 16.9. The Labute approximate surface area is 204 Å². The summed E-state index contributed by atoms with van der Waals surface area (Å²) in [5.74, 6) is 0.288. The molecular weight excluding hydrogens is 464 g/mol. The van der Waals surface area contributed by atoms with Gasteiger partial charge in [0, 0.05) is 48.8 Å². The van der Waals surface area contributed by atoms with Gasteiger partial charge in [0.15, 0.2) is 11.5 Å². The van der Waals surface area contributed by atoms with Gasteiger partial charge in [0.25, 0.3) is 0 Å². The number of para-hydroxylation sites is 1. The summed E-state index contributed by atoms with van der Waals surface area (Å²) in [4.78, 5) is 19.4. The molecule has 5 rings (SSSR count). The molecule has 0 saturated carbocycles.